The number of rotatable bonds is 9. The fourth-order valence-corrected chi connectivity index (χ4v) is 3.70. The van der Waals surface area contributed by atoms with Crippen LogP contribution in [0.3, 0.4) is 0 Å². The van der Waals surface area contributed by atoms with E-state index in [1.165, 1.54) is 0 Å². The van der Waals surface area contributed by atoms with E-state index >= 15 is 0 Å². The first-order chi connectivity index (χ1) is 13.9. The molecule has 9 atom stereocenters. The highest BCUT2D eigenvalue weighted by atomic mass is 16.7. The number of ether oxygens (including phenoxy) is 4. The molecule has 1 saturated heterocycles. The van der Waals surface area contributed by atoms with Crippen molar-refractivity contribution in [2.24, 2.45) is 5.92 Å². The molecule has 6 N–H and O–H groups in total. The molecule has 9 unspecified atom stereocenters. The van der Waals surface area contributed by atoms with E-state index in [4.69, 9.17) is 24.1 Å². The van der Waals surface area contributed by atoms with Gasteiger partial charge in [-0.25, -0.2) is 4.79 Å². The van der Waals surface area contributed by atoms with Crippen LogP contribution in [-0.2, 0) is 23.7 Å². The van der Waals surface area contributed by atoms with Crippen molar-refractivity contribution in [2.45, 2.75) is 88.2 Å². The van der Waals surface area contributed by atoms with Crippen LogP contribution in [0.5, 0.6) is 0 Å². The number of aliphatic hydroxyl groups excluding tert-OH is 5. The largest absolute Gasteiger partial charge is 0.480 e. The van der Waals surface area contributed by atoms with Crippen molar-refractivity contribution < 1.29 is 54.4 Å². The average Bonchev–Trinajstić information content (AvgIpc) is 2.65. The summed E-state index contributed by atoms with van der Waals surface area (Å²) in [5, 5.41) is 58.5. The van der Waals surface area contributed by atoms with E-state index in [-0.39, 0.29) is 25.6 Å². The molecule has 1 aliphatic carbocycles. The summed E-state index contributed by atoms with van der Waals surface area (Å²) in [5.41, 5.74) is -0.903. The molecule has 1 heterocycles. The Morgan fingerprint density at radius 2 is 1.70 bits per heavy atom. The Kier molecular flexibility index (Phi) is 8.98. The van der Waals surface area contributed by atoms with Crippen LogP contribution < -0.4 is 0 Å². The second-order valence-corrected chi connectivity index (χ2v) is 8.71. The van der Waals surface area contributed by atoms with Gasteiger partial charge in [0.2, 0.25) is 0 Å². The van der Waals surface area contributed by atoms with Gasteiger partial charge in [-0.05, 0) is 39.5 Å². The van der Waals surface area contributed by atoms with Crippen LogP contribution in [0.25, 0.3) is 0 Å². The van der Waals surface area contributed by atoms with Gasteiger partial charge < -0.3 is 49.6 Å². The van der Waals surface area contributed by atoms with E-state index in [0.29, 0.717) is 6.42 Å². The monoisotopic (exact) mass is 438 g/mol. The van der Waals surface area contributed by atoms with E-state index in [0.717, 1.165) is 0 Å². The maximum absolute atomic E-state index is 10.7. The number of aliphatic carboxylic acids is 1. The Labute approximate surface area is 175 Å². The molecular weight excluding hydrogens is 404 g/mol. The Balaban J connectivity index is 1.82. The first-order valence-corrected chi connectivity index (χ1v) is 10.1. The lowest BCUT2D eigenvalue weighted by molar-refractivity contribution is -0.320. The molecule has 11 heteroatoms. The van der Waals surface area contributed by atoms with Gasteiger partial charge in [0.05, 0.1) is 30.5 Å². The van der Waals surface area contributed by atoms with E-state index in [1.54, 1.807) is 20.8 Å². The van der Waals surface area contributed by atoms with Crippen molar-refractivity contribution in [3.63, 3.8) is 0 Å². The zero-order chi connectivity index (χ0) is 22.6. The standard InChI is InChI=1S/C19H34O11/c1-9-14(23)16(25)17(26)18(29-9)30-19(2,3)8-27-6-10-4-11(20)15(24)12(5-10)28-7-13(21)22/h9-12,14-18,20,23-26H,4-8H2,1-3H3,(H,21,22). The van der Waals surface area contributed by atoms with Crippen LogP contribution in [0.1, 0.15) is 33.6 Å². The van der Waals surface area contributed by atoms with Crippen LogP contribution >= 0.6 is 0 Å². The van der Waals surface area contributed by atoms with Crippen molar-refractivity contribution >= 4 is 5.97 Å². The maximum Gasteiger partial charge on any atom is 0.329 e. The second kappa shape index (κ2) is 10.6. The summed E-state index contributed by atoms with van der Waals surface area (Å²) in [7, 11) is 0. The van der Waals surface area contributed by atoms with Gasteiger partial charge in [-0.15, -0.1) is 0 Å². The molecule has 2 aliphatic rings. The quantitative estimate of drug-likeness (QED) is 0.240. The molecule has 30 heavy (non-hydrogen) atoms. The summed E-state index contributed by atoms with van der Waals surface area (Å²) in [6.07, 6.45) is -8.29. The van der Waals surface area contributed by atoms with Crippen molar-refractivity contribution in [3.8, 4) is 0 Å². The smallest absolute Gasteiger partial charge is 0.329 e. The van der Waals surface area contributed by atoms with E-state index < -0.39 is 67.2 Å². The highest BCUT2D eigenvalue weighted by Crippen LogP contribution is 2.29. The third kappa shape index (κ3) is 6.81. The third-order valence-electron chi connectivity index (χ3n) is 5.38. The molecule has 0 aromatic carbocycles. The van der Waals surface area contributed by atoms with Crippen molar-refractivity contribution in [1.82, 2.24) is 0 Å². The number of carboxylic acid groups (broad SMARTS) is 1. The van der Waals surface area contributed by atoms with Gasteiger partial charge >= 0.3 is 5.97 Å². The van der Waals surface area contributed by atoms with E-state index in [9.17, 15) is 30.3 Å². The molecule has 0 spiro atoms. The van der Waals surface area contributed by atoms with E-state index in [2.05, 4.69) is 0 Å². The minimum absolute atomic E-state index is 0.0996. The van der Waals surface area contributed by atoms with Gasteiger partial charge in [-0.2, -0.15) is 0 Å². The number of carboxylic acids is 1. The third-order valence-corrected chi connectivity index (χ3v) is 5.38. The SMILES string of the molecule is CC1OC(OC(C)(C)COCC2CC(O)C(O)C(OCC(=O)O)C2)C(O)C(O)C1O. The average molecular weight is 438 g/mol. The van der Waals surface area contributed by atoms with Crippen molar-refractivity contribution in [1.29, 1.82) is 0 Å². The predicted molar refractivity (Wildman–Crippen MR) is 100 cm³/mol. The lowest BCUT2D eigenvalue weighted by Gasteiger charge is -2.42. The Morgan fingerprint density at radius 1 is 1.03 bits per heavy atom. The fourth-order valence-electron chi connectivity index (χ4n) is 3.70. The van der Waals surface area contributed by atoms with Crippen LogP contribution in [0.15, 0.2) is 0 Å². The molecule has 0 aromatic heterocycles. The molecule has 11 nitrogen and oxygen atoms in total. The summed E-state index contributed by atoms with van der Waals surface area (Å²) >= 11 is 0. The van der Waals surface area contributed by atoms with Crippen LogP contribution in [0.4, 0.5) is 0 Å². The fraction of sp³-hybridized carbons (Fsp3) is 0.947. The van der Waals surface area contributed by atoms with Crippen LogP contribution in [0, 0.1) is 5.92 Å². The molecule has 2 fully saturated rings. The normalized spacial score (nSPS) is 40.3. The first kappa shape index (κ1) is 25.4. The molecule has 1 aliphatic heterocycles. The van der Waals surface area contributed by atoms with E-state index in [1.807, 2.05) is 0 Å². The van der Waals surface area contributed by atoms with Gasteiger partial charge in [0, 0.05) is 6.61 Å². The lowest BCUT2D eigenvalue weighted by Crippen LogP contribution is -2.59. The molecule has 0 aromatic rings. The Bertz CT molecular complexity index is 557. The Morgan fingerprint density at radius 3 is 2.33 bits per heavy atom. The zero-order valence-electron chi connectivity index (χ0n) is 17.5. The van der Waals surface area contributed by atoms with Gasteiger partial charge in [0.1, 0.15) is 31.0 Å². The highest BCUT2D eigenvalue weighted by molar-refractivity contribution is 5.68. The van der Waals surface area contributed by atoms with Crippen molar-refractivity contribution in [3.05, 3.63) is 0 Å². The summed E-state index contributed by atoms with van der Waals surface area (Å²) in [6.45, 7) is 4.74. The topological polar surface area (TPSA) is 175 Å². The number of hydrogen-bond donors (Lipinski definition) is 6. The van der Waals surface area contributed by atoms with Gasteiger partial charge in [-0.3, -0.25) is 0 Å². The zero-order valence-corrected chi connectivity index (χ0v) is 17.5. The summed E-state index contributed by atoms with van der Waals surface area (Å²) in [5.74, 6) is -1.32. The van der Waals surface area contributed by atoms with Crippen LogP contribution in [0.2, 0.25) is 0 Å². The Hall–Kier alpha value is -0.890. The summed E-state index contributed by atoms with van der Waals surface area (Å²) in [4.78, 5) is 10.7. The lowest BCUT2D eigenvalue weighted by atomic mass is 9.83. The number of aliphatic hydroxyl groups is 5. The van der Waals surface area contributed by atoms with Gasteiger partial charge in [0.15, 0.2) is 6.29 Å². The van der Waals surface area contributed by atoms with Crippen molar-refractivity contribution in [2.75, 3.05) is 19.8 Å². The molecule has 1 saturated carbocycles. The van der Waals surface area contributed by atoms with Gasteiger partial charge in [-0.1, -0.05) is 0 Å². The number of hydrogen-bond acceptors (Lipinski definition) is 10. The minimum Gasteiger partial charge on any atom is -0.480 e. The molecule has 0 radical (unpaired) electrons. The molecule has 0 amide bonds. The number of carbonyl (C=O) groups is 1. The predicted octanol–water partition coefficient (Wildman–Crippen LogP) is -1.77. The summed E-state index contributed by atoms with van der Waals surface area (Å²) in [6, 6.07) is 0. The minimum atomic E-state index is -1.42. The molecule has 0 bridgehead atoms. The maximum atomic E-state index is 10.7. The molecule has 176 valence electrons. The first-order valence-electron chi connectivity index (χ1n) is 10.1. The molecule has 2 rings (SSSR count). The second-order valence-electron chi connectivity index (χ2n) is 8.71. The molecular formula is C19H34O11. The van der Waals surface area contributed by atoms with Gasteiger partial charge in [0.25, 0.3) is 0 Å². The highest BCUT2D eigenvalue weighted by Gasteiger charge is 2.44. The van der Waals surface area contributed by atoms with Crippen LogP contribution in [-0.4, -0.2) is 111 Å². The summed E-state index contributed by atoms with van der Waals surface area (Å²) < 4.78 is 22.1.